The molecular formula is C6H8N2O2. The van der Waals surface area contributed by atoms with E-state index in [4.69, 9.17) is 10.4 Å². The van der Waals surface area contributed by atoms with Crippen LogP contribution in [0.15, 0.2) is 0 Å². The minimum Gasteiger partial charge on any atom is -0.465 e. The van der Waals surface area contributed by atoms with Gasteiger partial charge in [-0.3, -0.25) is 0 Å². The minimum absolute atomic E-state index is 0.101. The number of nitriles is 1. The Morgan fingerprint density at radius 1 is 1.90 bits per heavy atom. The molecule has 1 aliphatic rings. The Kier molecular flexibility index (Phi) is 1.50. The van der Waals surface area contributed by atoms with Crippen molar-refractivity contribution in [2.45, 2.75) is 13.0 Å². The normalized spacial score (nSPS) is 30.6. The summed E-state index contributed by atoms with van der Waals surface area (Å²) in [6.07, 6.45) is -0.931. The van der Waals surface area contributed by atoms with Crippen molar-refractivity contribution in [1.82, 2.24) is 4.90 Å². The van der Waals surface area contributed by atoms with Gasteiger partial charge in [-0.25, -0.2) is 4.79 Å². The topological polar surface area (TPSA) is 64.3 Å². The maximum atomic E-state index is 10.3. The second-order valence-corrected chi connectivity index (χ2v) is 2.41. The summed E-state index contributed by atoms with van der Waals surface area (Å²) < 4.78 is 0. The number of rotatable bonds is 0. The zero-order valence-electron chi connectivity index (χ0n) is 5.61. The highest BCUT2D eigenvalue weighted by Gasteiger charge is 2.38. The molecule has 0 aromatic carbocycles. The van der Waals surface area contributed by atoms with Crippen LogP contribution in [0.2, 0.25) is 0 Å². The van der Waals surface area contributed by atoms with E-state index in [1.165, 1.54) is 4.90 Å². The van der Waals surface area contributed by atoms with Crippen LogP contribution in [0.1, 0.15) is 6.92 Å². The van der Waals surface area contributed by atoms with Crippen molar-refractivity contribution < 1.29 is 9.90 Å². The lowest BCUT2D eigenvalue weighted by Gasteiger charge is -2.40. The fraction of sp³-hybridized carbons (Fsp3) is 0.667. The number of likely N-dealkylation sites (tertiary alicyclic amines) is 1. The Hall–Kier alpha value is -1.24. The highest BCUT2D eigenvalue weighted by atomic mass is 16.4. The molecule has 1 N–H and O–H groups in total. The van der Waals surface area contributed by atoms with Crippen LogP contribution in [0.25, 0.3) is 0 Å². The molecule has 1 saturated heterocycles. The van der Waals surface area contributed by atoms with E-state index in [0.29, 0.717) is 6.54 Å². The van der Waals surface area contributed by atoms with Crippen molar-refractivity contribution in [3.05, 3.63) is 0 Å². The predicted octanol–water partition coefficient (Wildman–Crippen LogP) is 0.508. The average Bonchev–Trinajstić information content (AvgIpc) is 1.85. The van der Waals surface area contributed by atoms with E-state index >= 15 is 0 Å². The summed E-state index contributed by atoms with van der Waals surface area (Å²) >= 11 is 0. The molecule has 0 spiro atoms. The average molecular weight is 140 g/mol. The lowest BCUT2D eigenvalue weighted by molar-refractivity contribution is 0.0560. The van der Waals surface area contributed by atoms with E-state index in [1.807, 2.05) is 6.07 Å². The fourth-order valence-electron chi connectivity index (χ4n) is 1.01. The summed E-state index contributed by atoms with van der Waals surface area (Å²) in [4.78, 5) is 11.5. The molecule has 0 aromatic heterocycles. The zero-order valence-corrected chi connectivity index (χ0v) is 5.61. The number of hydrogen-bond donors (Lipinski definition) is 1. The van der Waals surface area contributed by atoms with Gasteiger partial charge in [-0.15, -0.1) is 0 Å². The largest absolute Gasteiger partial charge is 0.465 e. The van der Waals surface area contributed by atoms with Crippen molar-refractivity contribution >= 4 is 6.09 Å². The van der Waals surface area contributed by atoms with E-state index in [2.05, 4.69) is 0 Å². The van der Waals surface area contributed by atoms with Gasteiger partial charge in [0.15, 0.2) is 0 Å². The number of amides is 1. The molecule has 1 heterocycles. The predicted molar refractivity (Wildman–Crippen MR) is 33.3 cm³/mol. The summed E-state index contributed by atoms with van der Waals surface area (Å²) in [6, 6.07) is 1.91. The van der Waals surface area contributed by atoms with Crippen LogP contribution in [0.3, 0.4) is 0 Å². The number of carboxylic acid groups (broad SMARTS) is 1. The molecule has 1 aliphatic heterocycles. The van der Waals surface area contributed by atoms with Crippen LogP contribution in [0.5, 0.6) is 0 Å². The van der Waals surface area contributed by atoms with Crippen LogP contribution in [0, 0.1) is 17.2 Å². The van der Waals surface area contributed by atoms with Gasteiger partial charge < -0.3 is 10.0 Å². The maximum absolute atomic E-state index is 10.3. The molecule has 2 atom stereocenters. The molecule has 54 valence electrons. The van der Waals surface area contributed by atoms with E-state index in [9.17, 15) is 4.79 Å². The SMILES string of the molecule is CC1C(C#N)CN1C(=O)O. The maximum Gasteiger partial charge on any atom is 0.407 e. The van der Waals surface area contributed by atoms with Gasteiger partial charge in [-0.2, -0.15) is 5.26 Å². The summed E-state index contributed by atoms with van der Waals surface area (Å²) in [6.45, 7) is 2.11. The molecule has 4 nitrogen and oxygen atoms in total. The number of nitrogens with zero attached hydrogens (tertiary/aromatic N) is 2. The Labute approximate surface area is 58.7 Å². The Morgan fingerprint density at radius 3 is 2.80 bits per heavy atom. The second kappa shape index (κ2) is 2.18. The van der Waals surface area contributed by atoms with Crippen LogP contribution in [-0.2, 0) is 0 Å². The Balaban J connectivity index is 2.48. The van der Waals surface area contributed by atoms with Crippen molar-refractivity contribution in [3.63, 3.8) is 0 Å². The third-order valence-corrected chi connectivity index (χ3v) is 1.88. The fourth-order valence-corrected chi connectivity index (χ4v) is 1.01. The van der Waals surface area contributed by atoms with Crippen LogP contribution >= 0.6 is 0 Å². The first kappa shape index (κ1) is 6.87. The monoisotopic (exact) mass is 140 g/mol. The highest BCUT2D eigenvalue weighted by molar-refractivity contribution is 5.66. The first-order valence-electron chi connectivity index (χ1n) is 3.06. The minimum atomic E-state index is -0.931. The van der Waals surface area contributed by atoms with Gasteiger partial charge in [0.05, 0.1) is 12.0 Å². The van der Waals surface area contributed by atoms with Crippen molar-refractivity contribution in [3.8, 4) is 6.07 Å². The van der Waals surface area contributed by atoms with Gasteiger partial charge in [-0.1, -0.05) is 0 Å². The standard InChI is InChI=1S/C6H8N2O2/c1-4-5(2-7)3-8(4)6(9)10/h4-5H,3H2,1H3,(H,9,10). The molecule has 2 unspecified atom stereocenters. The quantitative estimate of drug-likeness (QED) is 0.533. The molecule has 1 amide bonds. The zero-order chi connectivity index (χ0) is 7.72. The highest BCUT2D eigenvalue weighted by Crippen LogP contribution is 2.22. The van der Waals surface area contributed by atoms with E-state index in [-0.39, 0.29) is 12.0 Å². The van der Waals surface area contributed by atoms with Crippen LogP contribution in [0.4, 0.5) is 4.79 Å². The number of hydrogen-bond acceptors (Lipinski definition) is 2. The van der Waals surface area contributed by atoms with Gasteiger partial charge in [0.1, 0.15) is 0 Å². The van der Waals surface area contributed by atoms with Crippen LogP contribution in [-0.4, -0.2) is 28.7 Å². The van der Waals surface area contributed by atoms with Gasteiger partial charge in [-0.05, 0) is 6.92 Å². The first-order valence-corrected chi connectivity index (χ1v) is 3.06. The smallest absolute Gasteiger partial charge is 0.407 e. The van der Waals surface area contributed by atoms with Gasteiger partial charge in [0.25, 0.3) is 0 Å². The van der Waals surface area contributed by atoms with Gasteiger partial charge >= 0.3 is 6.09 Å². The molecule has 4 heteroatoms. The second-order valence-electron chi connectivity index (χ2n) is 2.41. The summed E-state index contributed by atoms with van der Waals surface area (Å²) in [7, 11) is 0. The van der Waals surface area contributed by atoms with Gasteiger partial charge in [0, 0.05) is 12.6 Å². The Morgan fingerprint density at radius 2 is 2.50 bits per heavy atom. The molecule has 0 bridgehead atoms. The molecule has 0 aromatic rings. The lowest BCUT2D eigenvalue weighted by atomic mass is 9.92. The molecule has 1 fully saturated rings. The molecular weight excluding hydrogens is 132 g/mol. The van der Waals surface area contributed by atoms with E-state index in [0.717, 1.165) is 0 Å². The molecule has 0 radical (unpaired) electrons. The molecule has 0 aliphatic carbocycles. The van der Waals surface area contributed by atoms with Crippen molar-refractivity contribution in [2.24, 2.45) is 5.92 Å². The third-order valence-electron chi connectivity index (χ3n) is 1.88. The van der Waals surface area contributed by atoms with Crippen LogP contribution < -0.4 is 0 Å². The molecule has 10 heavy (non-hydrogen) atoms. The van der Waals surface area contributed by atoms with Crippen molar-refractivity contribution in [1.29, 1.82) is 5.26 Å². The van der Waals surface area contributed by atoms with E-state index in [1.54, 1.807) is 6.92 Å². The molecule has 0 saturated carbocycles. The Bertz CT molecular complexity index is 196. The van der Waals surface area contributed by atoms with Crippen molar-refractivity contribution in [2.75, 3.05) is 6.54 Å². The third kappa shape index (κ3) is 0.798. The first-order chi connectivity index (χ1) is 4.66. The summed E-state index contributed by atoms with van der Waals surface area (Å²) in [5, 5.41) is 16.8. The summed E-state index contributed by atoms with van der Waals surface area (Å²) in [5.41, 5.74) is 0. The lowest BCUT2D eigenvalue weighted by Crippen LogP contribution is -2.56. The number of carbonyl (C=O) groups is 1. The van der Waals surface area contributed by atoms with E-state index < -0.39 is 6.09 Å². The summed E-state index contributed by atoms with van der Waals surface area (Å²) in [5.74, 6) is -0.101. The van der Waals surface area contributed by atoms with Gasteiger partial charge in [0.2, 0.25) is 0 Å². The molecule has 1 rings (SSSR count).